The fourth-order valence-electron chi connectivity index (χ4n) is 2.77. The number of nitrogens with zero attached hydrogens (tertiary/aromatic N) is 1. The topological polar surface area (TPSA) is 46.6 Å². The van der Waals surface area contributed by atoms with Crippen LogP contribution >= 0.6 is 0 Å². The predicted molar refractivity (Wildman–Crippen MR) is 86.0 cm³/mol. The number of hydrogen-bond donors (Lipinski definition) is 0. The van der Waals surface area contributed by atoms with E-state index in [9.17, 15) is 9.59 Å². The molecule has 2 rings (SSSR count). The molecule has 120 valence electrons. The summed E-state index contributed by atoms with van der Waals surface area (Å²) >= 11 is 0. The summed E-state index contributed by atoms with van der Waals surface area (Å²) < 4.78 is 5.55. The predicted octanol–water partition coefficient (Wildman–Crippen LogP) is 3.31. The minimum absolute atomic E-state index is 0.0473. The standard InChI is InChI=1S/C18H25NO3/c1-13-9-10-14(2)18(15(13)3)22-17(21)12-19-11-7-5-4-6-8-16(19)20/h9-10H,4-8,11-12H2,1-3H3. The Balaban J connectivity index is 2.03. The van der Waals surface area contributed by atoms with Gasteiger partial charge in [-0.3, -0.25) is 4.79 Å². The molecule has 1 amide bonds. The molecule has 4 nitrogen and oxygen atoms in total. The number of aryl methyl sites for hydroxylation is 2. The van der Waals surface area contributed by atoms with Crippen LogP contribution in [0.1, 0.15) is 48.8 Å². The number of hydrogen-bond acceptors (Lipinski definition) is 3. The number of ether oxygens (including phenoxy) is 1. The molecule has 0 spiro atoms. The van der Waals surface area contributed by atoms with Gasteiger partial charge in [0.2, 0.25) is 5.91 Å². The van der Waals surface area contributed by atoms with Crippen LogP contribution in [0.5, 0.6) is 5.75 Å². The van der Waals surface area contributed by atoms with E-state index >= 15 is 0 Å². The van der Waals surface area contributed by atoms with Gasteiger partial charge >= 0.3 is 5.97 Å². The number of esters is 1. The van der Waals surface area contributed by atoms with E-state index in [1.54, 1.807) is 4.90 Å². The van der Waals surface area contributed by atoms with Crippen molar-refractivity contribution in [2.24, 2.45) is 0 Å². The Hall–Kier alpha value is -1.84. The molecule has 1 aromatic rings. The van der Waals surface area contributed by atoms with Crippen molar-refractivity contribution >= 4 is 11.9 Å². The molecule has 4 heteroatoms. The number of likely N-dealkylation sites (tertiary alicyclic amines) is 1. The van der Waals surface area contributed by atoms with Crippen LogP contribution in [0.15, 0.2) is 12.1 Å². The van der Waals surface area contributed by atoms with Crippen LogP contribution in [0.4, 0.5) is 0 Å². The van der Waals surface area contributed by atoms with Gasteiger partial charge in [0, 0.05) is 13.0 Å². The molecule has 0 aliphatic carbocycles. The van der Waals surface area contributed by atoms with Crippen molar-refractivity contribution in [1.29, 1.82) is 0 Å². The van der Waals surface area contributed by atoms with Crippen molar-refractivity contribution in [2.45, 2.75) is 52.9 Å². The van der Waals surface area contributed by atoms with E-state index < -0.39 is 0 Å². The molecule has 1 fully saturated rings. The molecule has 1 heterocycles. The zero-order chi connectivity index (χ0) is 16.1. The number of amides is 1. The van der Waals surface area contributed by atoms with Gasteiger partial charge in [0.25, 0.3) is 0 Å². The molecular weight excluding hydrogens is 278 g/mol. The second-order valence-corrected chi connectivity index (χ2v) is 6.11. The second kappa shape index (κ2) is 7.43. The maximum absolute atomic E-state index is 12.2. The summed E-state index contributed by atoms with van der Waals surface area (Å²) in [5.74, 6) is 0.338. The van der Waals surface area contributed by atoms with Crippen LogP contribution in [0, 0.1) is 20.8 Å². The Morgan fingerprint density at radius 1 is 1.09 bits per heavy atom. The first-order chi connectivity index (χ1) is 10.5. The van der Waals surface area contributed by atoms with Crippen molar-refractivity contribution < 1.29 is 14.3 Å². The van der Waals surface area contributed by atoms with E-state index in [-0.39, 0.29) is 18.4 Å². The van der Waals surface area contributed by atoms with Crippen LogP contribution in [0.3, 0.4) is 0 Å². The number of rotatable bonds is 3. The average Bonchev–Trinajstić information content (AvgIpc) is 2.47. The molecule has 0 saturated carbocycles. The van der Waals surface area contributed by atoms with E-state index in [2.05, 4.69) is 0 Å². The van der Waals surface area contributed by atoms with E-state index in [0.717, 1.165) is 42.4 Å². The number of carbonyl (C=O) groups excluding carboxylic acids is 2. The quantitative estimate of drug-likeness (QED) is 0.636. The highest BCUT2D eigenvalue weighted by Gasteiger charge is 2.20. The van der Waals surface area contributed by atoms with Crippen LogP contribution in [0.25, 0.3) is 0 Å². The number of carbonyl (C=O) groups is 2. The highest BCUT2D eigenvalue weighted by Crippen LogP contribution is 2.26. The largest absolute Gasteiger partial charge is 0.425 e. The van der Waals surface area contributed by atoms with Gasteiger partial charge in [0.05, 0.1) is 0 Å². The molecular formula is C18H25NO3. The first-order valence-electron chi connectivity index (χ1n) is 8.04. The van der Waals surface area contributed by atoms with E-state index in [1.165, 1.54) is 0 Å². The number of benzene rings is 1. The van der Waals surface area contributed by atoms with E-state index in [4.69, 9.17) is 4.74 Å². The summed E-state index contributed by atoms with van der Waals surface area (Å²) in [7, 11) is 0. The van der Waals surface area contributed by atoms with E-state index in [0.29, 0.717) is 18.7 Å². The Morgan fingerprint density at radius 2 is 1.77 bits per heavy atom. The van der Waals surface area contributed by atoms with Crippen molar-refractivity contribution in [2.75, 3.05) is 13.1 Å². The fraction of sp³-hybridized carbons (Fsp3) is 0.556. The van der Waals surface area contributed by atoms with Gasteiger partial charge in [-0.1, -0.05) is 25.0 Å². The Labute approximate surface area is 132 Å². The lowest BCUT2D eigenvalue weighted by Crippen LogP contribution is -2.38. The van der Waals surface area contributed by atoms with E-state index in [1.807, 2.05) is 32.9 Å². The molecule has 1 saturated heterocycles. The first-order valence-corrected chi connectivity index (χ1v) is 8.04. The summed E-state index contributed by atoms with van der Waals surface area (Å²) in [6.45, 7) is 6.57. The zero-order valence-electron chi connectivity index (χ0n) is 13.8. The average molecular weight is 303 g/mol. The fourth-order valence-corrected chi connectivity index (χ4v) is 2.77. The minimum Gasteiger partial charge on any atom is -0.425 e. The summed E-state index contributed by atoms with van der Waals surface area (Å²) in [5, 5.41) is 0. The minimum atomic E-state index is -0.356. The van der Waals surface area contributed by atoms with Gasteiger partial charge < -0.3 is 9.64 Å². The van der Waals surface area contributed by atoms with Gasteiger partial charge in [0.1, 0.15) is 12.3 Å². The molecule has 0 unspecified atom stereocenters. The molecule has 0 N–H and O–H groups in total. The highest BCUT2D eigenvalue weighted by atomic mass is 16.5. The SMILES string of the molecule is Cc1ccc(C)c(OC(=O)CN2CCCCCCC2=O)c1C. The zero-order valence-corrected chi connectivity index (χ0v) is 13.8. The molecule has 1 aliphatic heterocycles. The smallest absolute Gasteiger partial charge is 0.331 e. The third kappa shape index (κ3) is 4.09. The normalized spacial score (nSPS) is 16.1. The lowest BCUT2D eigenvalue weighted by molar-refractivity contribution is -0.143. The molecule has 0 aromatic heterocycles. The molecule has 1 aromatic carbocycles. The maximum atomic E-state index is 12.2. The highest BCUT2D eigenvalue weighted by molar-refractivity contribution is 5.83. The van der Waals surface area contributed by atoms with Crippen LogP contribution in [0.2, 0.25) is 0 Å². The van der Waals surface area contributed by atoms with Crippen LogP contribution in [-0.4, -0.2) is 29.9 Å². The van der Waals surface area contributed by atoms with Crippen molar-refractivity contribution in [3.63, 3.8) is 0 Å². The molecule has 1 aliphatic rings. The summed E-state index contributed by atoms with van der Waals surface area (Å²) in [5.41, 5.74) is 3.01. The summed E-state index contributed by atoms with van der Waals surface area (Å²) in [6, 6.07) is 3.97. The van der Waals surface area contributed by atoms with Crippen LogP contribution in [-0.2, 0) is 9.59 Å². The van der Waals surface area contributed by atoms with Crippen molar-refractivity contribution in [1.82, 2.24) is 4.90 Å². The van der Waals surface area contributed by atoms with Gasteiger partial charge in [-0.25, -0.2) is 4.79 Å². The molecule has 0 bridgehead atoms. The Morgan fingerprint density at radius 3 is 2.55 bits per heavy atom. The first kappa shape index (κ1) is 16.5. The maximum Gasteiger partial charge on any atom is 0.331 e. The third-order valence-electron chi connectivity index (χ3n) is 4.33. The lowest BCUT2D eigenvalue weighted by Gasteiger charge is -2.24. The van der Waals surface area contributed by atoms with Crippen molar-refractivity contribution in [3.05, 3.63) is 28.8 Å². The summed E-state index contributed by atoms with van der Waals surface area (Å²) in [6.07, 6.45) is 4.64. The molecule has 0 radical (unpaired) electrons. The Bertz CT molecular complexity index is 566. The summed E-state index contributed by atoms with van der Waals surface area (Å²) in [4.78, 5) is 25.9. The molecule has 0 atom stereocenters. The third-order valence-corrected chi connectivity index (χ3v) is 4.33. The van der Waals surface area contributed by atoms with Gasteiger partial charge in [0.15, 0.2) is 0 Å². The molecule has 22 heavy (non-hydrogen) atoms. The second-order valence-electron chi connectivity index (χ2n) is 6.11. The van der Waals surface area contributed by atoms with Crippen molar-refractivity contribution in [3.8, 4) is 5.75 Å². The monoisotopic (exact) mass is 303 g/mol. The van der Waals surface area contributed by atoms with Gasteiger partial charge in [-0.15, -0.1) is 0 Å². The van der Waals surface area contributed by atoms with Crippen LogP contribution < -0.4 is 4.74 Å². The van der Waals surface area contributed by atoms with Gasteiger partial charge in [-0.2, -0.15) is 0 Å². The van der Waals surface area contributed by atoms with Gasteiger partial charge in [-0.05, 0) is 50.3 Å². The Kier molecular flexibility index (Phi) is 5.58. The lowest BCUT2D eigenvalue weighted by atomic mass is 10.1.